The fraction of sp³-hybridized carbons (Fsp3) is 0.333. The van der Waals surface area contributed by atoms with Crippen LogP contribution in [-0.4, -0.2) is 35.8 Å². The van der Waals surface area contributed by atoms with Gasteiger partial charge in [-0.2, -0.15) is 0 Å². The number of rotatable bonds is 11. The highest BCUT2D eigenvalue weighted by Crippen LogP contribution is 2.08. The van der Waals surface area contributed by atoms with Crippen LogP contribution < -0.4 is 10.6 Å². The number of hydrogen-bond donors (Lipinski definition) is 2. The maximum atomic E-state index is 12.6. The molecule has 0 saturated carbocycles. The Bertz CT molecular complexity index is 901. The zero-order valence-electron chi connectivity index (χ0n) is 18.2. The second-order valence-corrected chi connectivity index (χ2v) is 7.26. The van der Waals surface area contributed by atoms with Crippen LogP contribution >= 0.6 is 0 Å². The molecule has 8 heteroatoms. The van der Waals surface area contributed by atoms with Crippen LogP contribution in [0.4, 0.5) is 0 Å². The molecule has 0 fully saturated rings. The van der Waals surface area contributed by atoms with E-state index in [1.165, 1.54) is 13.8 Å². The monoisotopic (exact) mass is 440 g/mol. The fourth-order valence-corrected chi connectivity index (χ4v) is 2.82. The molecule has 0 aromatic heterocycles. The van der Waals surface area contributed by atoms with Gasteiger partial charge in [0, 0.05) is 13.3 Å². The van der Waals surface area contributed by atoms with Gasteiger partial charge in [0.15, 0.2) is 0 Å². The smallest absolute Gasteiger partial charge is 0.328 e. The largest absolute Gasteiger partial charge is 0.461 e. The molecule has 2 amide bonds. The number of benzene rings is 2. The summed E-state index contributed by atoms with van der Waals surface area (Å²) in [6, 6.07) is 16.4. The first-order chi connectivity index (χ1) is 15.3. The second-order valence-electron chi connectivity index (χ2n) is 7.26. The van der Waals surface area contributed by atoms with Crippen LogP contribution in [-0.2, 0) is 41.9 Å². The van der Waals surface area contributed by atoms with E-state index in [-0.39, 0.29) is 32.0 Å². The molecule has 0 saturated heterocycles. The zero-order valence-corrected chi connectivity index (χ0v) is 18.2. The first-order valence-electron chi connectivity index (χ1n) is 10.3. The van der Waals surface area contributed by atoms with Gasteiger partial charge in [-0.15, -0.1) is 0 Å². The van der Waals surface area contributed by atoms with Crippen LogP contribution in [0.3, 0.4) is 0 Å². The number of amides is 2. The highest BCUT2D eigenvalue weighted by atomic mass is 16.5. The van der Waals surface area contributed by atoms with E-state index in [1.54, 1.807) is 12.1 Å². The van der Waals surface area contributed by atoms with Gasteiger partial charge in [-0.3, -0.25) is 14.4 Å². The van der Waals surface area contributed by atoms with E-state index in [4.69, 9.17) is 9.47 Å². The molecule has 0 aliphatic carbocycles. The van der Waals surface area contributed by atoms with E-state index >= 15 is 0 Å². The third-order valence-corrected chi connectivity index (χ3v) is 4.52. The third kappa shape index (κ3) is 8.99. The van der Waals surface area contributed by atoms with Crippen LogP contribution in [0.2, 0.25) is 0 Å². The van der Waals surface area contributed by atoms with Gasteiger partial charge < -0.3 is 20.1 Å². The lowest BCUT2D eigenvalue weighted by Gasteiger charge is -2.20. The van der Waals surface area contributed by atoms with Crippen LogP contribution in [0.25, 0.3) is 0 Å². The van der Waals surface area contributed by atoms with Crippen LogP contribution in [0.5, 0.6) is 0 Å². The molecule has 0 spiro atoms. The van der Waals surface area contributed by atoms with E-state index in [0.717, 1.165) is 11.1 Å². The van der Waals surface area contributed by atoms with Gasteiger partial charge in [-0.05, 0) is 24.5 Å². The summed E-state index contributed by atoms with van der Waals surface area (Å²) in [6.45, 7) is 2.94. The van der Waals surface area contributed by atoms with E-state index in [2.05, 4.69) is 10.6 Å². The topological polar surface area (TPSA) is 111 Å². The molecular formula is C24H28N2O6. The molecule has 2 rings (SSSR count). The van der Waals surface area contributed by atoms with Crippen molar-refractivity contribution < 1.29 is 28.7 Å². The molecule has 2 atom stereocenters. The van der Waals surface area contributed by atoms with Crippen LogP contribution in [0.1, 0.15) is 37.8 Å². The average Bonchev–Trinajstić information content (AvgIpc) is 2.79. The van der Waals surface area contributed by atoms with Gasteiger partial charge in [0.2, 0.25) is 11.8 Å². The van der Waals surface area contributed by atoms with Gasteiger partial charge in [-0.1, -0.05) is 60.7 Å². The quantitative estimate of drug-likeness (QED) is 0.519. The molecule has 32 heavy (non-hydrogen) atoms. The maximum Gasteiger partial charge on any atom is 0.328 e. The molecule has 8 nitrogen and oxygen atoms in total. The van der Waals surface area contributed by atoms with Gasteiger partial charge in [0.1, 0.15) is 25.3 Å². The van der Waals surface area contributed by atoms with Gasteiger partial charge in [-0.25, -0.2) is 4.79 Å². The summed E-state index contributed by atoms with van der Waals surface area (Å²) in [5, 5.41) is 5.00. The number of carbonyl (C=O) groups excluding carboxylic acids is 4. The van der Waals surface area contributed by atoms with Crippen molar-refractivity contribution in [3.8, 4) is 0 Å². The highest BCUT2D eigenvalue weighted by Gasteiger charge is 2.26. The summed E-state index contributed by atoms with van der Waals surface area (Å²) in [5.41, 5.74) is 1.64. The Labute approximate surface area is 187 Å². The Balaban J connectivity index is 1.93. The van der Waals surface area contributed by atoms with Crippen molar-refractivity contribution in [2.45, 2.75) is 52.0 Å². The number of esters is 2. The SMILES string of the molecule is CC(=O)NC(C)C(=O)NC(CCC(=O)OCc1ccccc1)C(=O)OCc1ccccc1. The summed E-state index contributed by atoms with van der Waals surface area (Å²) in [5.74, 6) is -2.10. The molecule has 2 unspecified atom stereocenters. The van der Waals surface area contributed by atoms with Crippen molar-refractivity contribution in [3.63, 3.8) is 0 Å². The highest BCUT2D eigenvalue weighted by molar-refractivity contribution is 5.90. The van der Waals surface area contributed by atoms with Crippen molar-refractivity contribution in [1.29, 1.82) is 0 Å². The summed E-state index contributed by atoms with van der Waals surface area (Å²) in [4.78, 5) is 48.3. The van der Waals surface area contributed by atoms with Crippen molar-refractivity contribution in [2.24, 2.45) is 0 Å². The van der Waals surface area contributed by atoms with E-state index in [9.17, 15) is 19.2 Å². The fourth-order valence-electron chi connectivity index (χ4n) is 2.82. The molecule has 0 heterocycles. The predicted molar refractivity (Wildman–Crippen MR) is 117 cm³/mol. The summed E-state index contributed by atoms with van der Waals surface area (Å²) < 4.78 is 10.6. The lowest BCUT2D eigenvalue weighted by Crippen LogP contribution is -2.50. The molecule has 0 radical (unpaired) electrons. The van der Waals surface area contributed by atoms with Crippen molar-refractivity contribution >= 4 is 23.8 Å². The summed E-state index contributed by atoms with van der Waals surface area (Å²) in [6.07, 6.45) is -0.0908. The predicted octanol–water partition coefficient (Wildman–Crippen LogP) is 2.26. The Morgan fingerprint density at radius 1 is 0.812 bits per heavy atom. The molecule has 0 aliphatic rings. The maximum absolute atomic E-state index is 12.6. The number of nitrogens with one attached hydrogen (secondary N) is 2. The molecule has 0 aliphatic heterocycles. The minimum Gasteiger partial charge on any atom is -0.461 e. The van der Waals surface area contributed by atoms with Gasteiger partial charge in [0.25, 0.3) is 0 Å². The van der Waals surface area contributed by atoms with Crippen LogP contribution in [0, 0.1) is 0 Å². The average molecular weight is 440 g/mol. The van der Waals surface area contributed by atoms with Crippen molar-refractivity contribution in [1.82, 2.24) is 10.6 Å². The second kappa shape index (κ2) is 12.9. The molecule has 2 aromatic carbocycles. The first-order valence-corrected chi connectivity index (χ1v) is 10.3. The van der Waals surface area contributed by atoms with Crippen LogP contribution in [0.15, 0.2) is 60.7 Å². The lowest BCUT2D eigenvalue weighted by atomic mass is 10.1. The van der Waals surface area contributed by atoms with Gasteiger partial charge >= 0.3 is 11.9 Å². The number of carbonyl (C=O) groups is 4. The van der Waals surface area contributed by atoms with E-state index in [0.29, 0.717) is 0 Å². The number of ether oxygens (including phenoxy) is 2. The molecule has 2 aromatic rings. The molecule has 0 bridgehead atoms. The Morgan fingerprint density at radius 3 is 1.88 bits per heavy atom. The Kier molecular flexibility index (Phi) is 9.90. The van der Waals surface area contributed by atoms with E-state index < -0.39 is 29.9 Å². The van der Waals surface area contributed by atoms with Crippen molar-refractivity contribution in [3.05, 3.63) is 71.8 Å². The zero-order chi connectivity index (χ0) is 23.3. The number of hydrogen-bond acceptors (Lipinski definition) is 6. The van der Waals surface area contributed by atoms with Crippen molar-refractivity contribution in [2.75, 3.05) is 0 Å². The lowest BCUT2D eigenvalue weighted by molar-refractivity contribution is -0.150. The normalized spacial score (nSPS) is 12.2. The van der Waals surface area contributed by atoms with Gasteiger partial charge in [0.05, 0.1) is 0 Å². The first kappa shape index (κ1) is 24.6. The molecule has 2 N–H and O–H groups in total. The standard InChI is InChI=1S/C24H28N2O6/c1-17(25-18(2)27)23(29)26-21(24(30)32-16-20-11-7-4-8-12-20)13-14-22(28)31-15-19-9-5-3-6-10-19/h3-12,17,21H,13-16H2,1-2H3,(H,25,27)(H,26,29). The molecule has 170 valence electrons. The minimum absolute atomic E-state index is 0.000221. The molecular weight excluding hydrogens is 412 g/mol. The van der Waals surface area contributed by atoms with E-state index in [1.807, 2.05) is 48.5 Å². The Morgan fingerprint density at radius 2 is 1.34 bits per heavy atom. The summed E-state index contributed by atoms with van der Waals surface area (Å²) in [7, 11) is 0. The third-order valence-electron chi connectivity index (χ3n) is 4.52. The summed E-state index contributed by atoms with van der Waals surface area (Å²) >= 11 is 0. The Hall–Kier alpha value is -3.68. The minimum atomic E-state index is -1.06.